The number of unbranched alkanes of at least 4 members (excludes halogenated alkanes) is 2. The molecule has 0 aromatic rings. The summed E-state index contributed by atoms with van der Waals surface area (Å²) < 4.78 is 0. The van der Waals surface area contributed by atoms with Crippen molar-refractivity contribution in [3.8, 4) is 0 Å². The lowest BCUT2D eigenvalue weighted by Gasteiger charge is -2.35. The van der Waals surface area contributed by atoms with E-state index in [1.54, 1.807) is 0 Å². The summed E-state index contributed by atoms with van der Waals surface area (Å²) in [6.45, 7) is 4.95. The topological polar surface area (TPSA) is 3.24 Å². The summed E-state index contributed by atoms with van der Waals surface area (Å²) in [4.78, 5) is 2.72. The van der Waals surface area contributed by atoms with Crippen molar-refractivity contribution in [2.24, 2.45) is 0 Å². The summed E-state index contributed by atoms with van der Waals surface area (Å²) in [5.41, 5.74) is 0. The highest BCUT2D eigenvalue weighted by Crippen LogP contribution is 2.21. The van der Waals surface area contributed by atoms with Gasteiger partial charge in [0.1, 0.15) is 0 Å². The Labute approximate surface area is 100 Å². The molecule has 90 valence electrons. The minimum absolute atomic E-state index is 0.832. The molecule has 0 bridgehead atoms. The number of halogens is 1. The first-order valence-electron chi connectivity index (χ1n) is 6.68. The highest BCUT2D eigenvalue weighted by atomic mass is 35.5. The van der Waals surface area contributed by atoms with Crippen LogP contribution in [0.4, 0.5) is 0 Å². The predicted molar refractivity (Wildman–Crippen MR) is 68.7 cm³/mol. The zero-order chi connectivity index (χ0) is 10.9. The maximum Gasteiger partial charge on any atom is 0.0223 e. The molecule has 0 aromatic heterocycles. The summed E-state index contributed by atoms with van der Waals surface area (Å²) in [5, 5.41) is 0. The Morgan fingerprint density at radius 3 is 2.80 bits per heavy atom. The molecule has 1 atom stereocenters. The van der Waals surface area contributed by atoms with Gasteiger partial charge in [0, 0.05) is 11.9 Å². The van der Waals surface area contributed by atoms with Gasteiger partial charge in [0.15, 0.2) is 0 Å². The molecule has 0 amide bonds. The smallest absolute Gasteiger partial charge is 0.0223 e. The number of rotatable bonds is 7. The molecule has 0 aliphatic carbocycles. The first-order valence-corrected chi connectivity index (χ1v) is 7.22. The van der Waals surface area contributed by atoms with E-state index in [4.69, 9.17) is 11.6 Å². The van der Waals surface area contributed by atoms with Crippen LogP contribution in [0, 0.1) is 0 Å². The molecule has 1 aliphatic heterocycles. The average Bonchev–Trinajstić information content (AvgIpc) is 2.27. The Hall–Kier alpha value is 0.250. The fourth-order valence-corrected chi connectivity index (χ4v) is 2.79. The summed E-state index contributed by atoms with van der Waals surface area (Å²) >= 11 is 5.69. The van der Waals surface area contributed by atoms with Crippen molar-refractivity contribution in [2.45, 2.75) is 64.3 Å². The van der Waals surface area contributed by atoms with Crippen LogP contribution in [-0.4, -0.2) is 29.9 Å². The minimum Gasteiger partial charge on any atom is -0.300 e. The lowest BCUT2D eigenvalue weighted by molar-refractivity contribution is 0.137. The van der Waals surface area contributed by atoms with Gasteiger partial charge in [-0.3, -0.25) is 0 Å². The molecule has 1 nitrogen and oxygen atoms in total. The van der Waals surface area contributed by atoms with Crippen LogP contribution in [-0.2, 0) is 0 Å². The molecule has 0 radical (unpaired) electrons. The van der Waals surface area contributed by atoms with Gasteiger partial charge in [-0.15, -0.1) is 11.6 Å². The van der Waals surface area contributed by atoms with Crippen LogP contribution < -0.4 is 0 Å². The van der Waals surface area contributed by atoms with Crippen LogP contribution in [0.1, 0.15) is 58.3 Å². The largest absolute Gasteiger partial charge is 0.300 e. The summed E-state index contributed by atoms with van der Waals surface area (Å²) in [6.07, 6.45) is 10.9. The SMILES string of the molecule is CCCC1CCCCN1CCCCCCl. The molecule has 0 aromatic carbocycles. The van der Waals surface area contributed by atoms with Crippen LogP contribution in [0.3, 0.4) is 0 Å². The van der Waals surface area contributed by atoms with Crippen molar-refractivity contribution in [3.63, 3.8) is 0 Å². The van der Waals surface area contributed by atoms with Gasteiger partial charge in [0.2, 0.25) is 0 Å². The van der Waals surface area contributed by atoms with Gasteiger partial charge in [0.05, 0.1) is 0 Å². The maximum atomic E-state index is 5.69. The lowest BCUT2D eigenvalue weighted by atomic mass is 9.98. The number of hydrogen-bond donors (Lipinski definition) is 0. The van der Waals surface area contributed by atoms with Crippen LogP contribution in [0.15, 0.2) is 0 Å². The van der Waals surface area contributed by atoms with Gasteiger partial charge in [-0.05, 0) is 45.2 Å². The standard InChI is InChI=1S/C13H26ClN/c1-2-8-13-9-4-7-12-15(13)11-6-3-5-10-14/h13H,2-12H2,1H3. The molecule has 0 N–H and O–H groups in total. The first-order chi connectivity index (χ1) is 7.38. The molecule has 0 saturated carbocycles. The zero-order valence-electron chi connectivity index (χ0n) is 10.2. The van der Waals surface area contributed by atoms with Crippen molar-refractivity contribution in [3.05, 3.63) is 0 Å². The normalized spacial score (nSPS) is 23.2. The van der Waals surface area contributed by atoms with E-state index in [0.29, 0.717) is 0 Å². The quantitative estimate of drug-likeness (QED) is 0.472. The Morgan fingerprint density at radius 1 is 1.20 bits per heavy atom. The second kappa shape index (κ2) is 8.41. The van der Waals surface area contributed by atoms with E-state index in [1.807, 2.05) is 0 Å². The molecule has 1 heterocycles. The van der Waals surface area contributed by atoms with Crippen LogP contribution in [0.25, 0.3) is 0 Å². The van der Waals surface area contributed by atoms with E-state index in [0.717, 1.165) is 11.9 Å². The molecule has 1 saturated heterocycles. The zero-order valence-corrected chi connectivity index (χ0v) is 10.9. The lowest BCUT2D eigenvalue weighted by Crippen LogP contribution is -2.39. The third-order valence-electron chi connectivity index (χ3n) is 3.45. The number of likely N-dealkylation sites (tertiary alicyclic amines) is 1. The van der Waals surface area contributed by atoms with Crippen molar-refractivity contribution in [2.75, 3.05) is 19.0 Å². The number of piperidine rings is 1. The molecule has 0 spiro atoms. The van der Waals surface area contributed by atoms with E-state index in [1.165, 1.54) is 64.5 Å². The third kappa shape index (κ3) is 5.21. The van der Waals surface area contributed by atoms with E-state index >= 15 is 0 Å². The molecular formula is C13H26ClN. The third-order valence-corrected chi connectivity index (χ3v) is 3.72. The highest BCUT2D eigenvalue weighted by molar-refractivity contribution is 6.17. The van der Waals surface area contributed by atoms with Gasteiger partial charge >= 0.3 is 0 Å². The number of nitrogens with zero attached hydrogens (tertiary/aromatic N) is 1. The molecule has 1 rings (SSSR count). The Bertz CT molecular complexity index is 147. The average molecular weight is 232 g/mol. The van der Waals surface area contributed by atoms with Gasteiger partial charge in [-0.25, -0.2) is 0 Å². The summed E-state index contributed by atoms with van der Waals surface area (Å²) in [6, 6.07) is 0.889. The van der Waals surface area contributed by atoms with E-state index in [2.05, 4.69) is 11.8 Å². The number of alkyl halides is 1. The van der Waals surface area contributed by atoms with Crippen molar-refractivity contribution < 1.29 is 0 Å². The minimum atomic E-state index is 0.832. The number of hydrogen-bond acceptors (Lipinski definition) is 1. The second-order valence-electron chi connectivity index (χ2n) is 4.72. The van der Waals surface area contributed by atoms with Gasteiger partial charge in [-0.1, -0.05) is 26.2 Å². The molecule has 1 fully saturated rings. The fraction of sp³-hybridized carbons (Fsp3) is 1.00. The highest BCUT2D eigenvalue weighted by Gasteiger charge is 2.20. The van der Waals surface area contributed by atoms with E-state index in [-0.39, 0.29) is 0 Å². The Balaban J connectivity index is 2.17. The maximum absolute atomic E-state index is 5.69. The molecular weight excluding hydrogens is 206 g/mol. The van der Waals surface area contributed by atoms with Crippen molar-refractivity contribution >= 4 is 11.6 Å². The van der Waals surface area contributed by atoms with Crippen molar-refractivity contribution in [1.29, 1.82) is 0 Å². The van der Waals surface area contributed by atoms with Crippen LogP contribution in [0.2, 0.25) is 0 Å². The van der Waals surface area contributed by atoms with Gasteiger partial charge < -0.3 is 4.90 Å². The molecule has 15 heavy (non-hydrogen) atoms. The summed E-state index contributed by atoms with van der Waals surface area (Å²) in [7, 11) is 0. The first kappa shape index (κ1) is 13.3. The fourth-order valence-electron chi connectivity index (χ4n) is 2.60. The van der Waals surface area contributed by atoms with Crippen LogP contribution in [0.5, 0.6) is 0 Å². The Morgan fingerprint density at radius 2 is 2.07 bits per heavy atom. The molecule has 1 unspecified atom stereocenters. The monoisotopic (exact) mass is 231 g/mol. The van der Waals surface area contributed by atoms with Crippen molar-refractivity contribution in [1.82, 2.24) is 4.90 Å². The predicted octanol–water partition coefficient (Wildman–Crippen LogP) is 4.05. The summed E-state index contributed by atoms with van der Waals surface area (Å²) in [5.74, 6) is 0.832. The Kier molecular flexibility index (Phi) is 7.46. The van der Waals surface area contributed by atoms with Gasteiger partial charge in [0.25, 0.3) is 0 Å². The van der Waals surface area contributed by atoms with E-state index in [9.17, 15) is 0 Å². The molecule has 2 heteroatoms. The van der Waals surface area contributed by atoms with E-state index < -0.39 is 0 Å². The van der Waals surface area contributed by atoms with Crippen LogP contribution >= 0.6 is 11.6 Å². The van der Waals surface area contributed by atoms with Gasteiger partial charge in [-0.2, -0.15) is 0 Å². The second-order valence-corrected chi connectivity index (χ2v) is 5.10. The molecule has 1 aliphatic rings.